The predicted molar refractivity (Wildman–Crippen MR) is 87.0 cm³/mol. The molecule has 0 bridgehead atoms. The van der Waals surface area contributed by atoms with Crippen LogP contribution in [0.1, 0.15) is 30.7 Å². The van der Waals surface area contributed by atoms with E-state index in [0.29, 0.717) is 26.1 Å². The minimum absolute atomic E-state index is 0.0334. The van der Waals surface area contributed by atoms with Crippen molar-refractivity contribution >= 4 is 11.9 Å². The molecule has 0 unspecified atom stereocenters. The number of carboxylic acid groups (broad SMARTS) is 1. The molecule has 1 heterocycles. The van der Waals surface area contributed by atoms with Gasteiger partial charge in [0.2, 0.25) is 5.91 Å². The first kappa shape index (κ1) is 16.8. The molecule has 6 heteroatoms. The van der Waals surface area contributed by atoms with Gasteiger partial charge in [0.05, 0.1) is 7.11 Å². The number of nitrogens with zero attached hydrogens (tertiary/aromatic N) is 1. The molecule has 2 atom stereocenters. The van der Waals surface area contributed by atoms with Gasteiger partial charge in [0.15, 0.2) is 0 Å². The lowest BCUT2D eigenvalue weighted by molar-refractivity contribution is -0.148. The molecule has 2 fully saturated rings. The number of ether oxygens (including phenoxy) is 2. The molecule has 1 aromatic rings. The Morgan fingerprint density at radius 1 is 1.33 bits per heavy atom. The van der Waals surface area contributed by atoms with Gasteiger partial charge in [0.1, 0.15) is 12.3 Å². The number of carbonyl (C=O) groups is 2. The summed E-state index contributed by atoms with van der Waals surface area (Å²) in [7, 11) is 1.62. The lowest BCUT2D eigenvalue weighted by Gasteiger charge is -2.33. The van der Waals surface area contributed by atoms with E-state index in [4.69, 9.17) is 9.47 Å². The molecule has 1 aliphatic heterocycles. The highest BCUT2D eigenvalue weighted by atomic mass is 16.5. The van der Waals surface area contributed by atoms with E-state index in [1.807, 2.05) is 24.3 Å². The molecule has 0 radical (unpaired) electrons. The van der Waals surface area contributed by atoms with Gasteiger partial charge >= 0.3 is 5.97 Å². The quantitative estimate of drug-likeness (QED) is 0.860. The Morgan fingerprint density at radius 3 is 2.75 bits per heavy atom. The van der Waals surface area contributed by atoms with Crippen LogP contribution in [0.15, 0.2) is 24.3 Å². The number of carbonyl (C=O) groups excluding carboxylic acids is 1. The summed E-state index contributed by atoms with van der Waals surface area (Å²) in [4.78, 5) is 25.6. The van der Waals surface area contributed by atoms with Crippen LogP contribution in [0.4, 0.5) is 0 Å². The zero-order valence-corrected chi connectivity index (χ0v) is 13.8. The first-order chi connectivity index (χ1) is 11.6. The maximum atomic E-state index is 12.9. The van der Waals surface area contributed by atoms with E-state index in [9.17, 15) is 14.7 Å². The summed E-state index contributed by atoms with van der Waals surface area (Å²) >= 11 is 0. The van der Waals surface area contributed by atoms with Gasteiger partial charge in [-0.05, 0) is 42.9 Å². The molecule has 3 rings (SSSR count). The third-order valence-electron chi connectivity index (χ3n) is 4.85. The predicted octanol–water partition coefficient (Wildman–Crippen LogP) is 1.89. The molecule has 1 saturated heterocycles. The Labute approximate surface area is 141 Å². The summed E-state index contributed by atoms with van der Waals surface area (Å²) < 4.78 is 10.6. The molecule has 1 amide bonds. The maximum absolute atomic E-state index is 12.9. The molecule has 0 aromatic heterocycles. The Morgan fingerprint density at radius 2 is 2.08 bits per heavy atom. The molecule has 0 spiro atoms. The first-order valence-corrected chi connectivity index (χ1v) is 8.34. The van der Waals surface area contributed by atoms with Crippen LogP contribution in [0.2, 0.25) is 0 Å². The smallest absolute Gasteiger partial charge is 0.323 e. The van der Waals surface area contributed by atoms with Gasteiger partial charge < -0.3 is 19.5 Å². The summed E-state index contributed by atoms with van der Waals surface area (Å²) in [5, 5.41) is 9.18. The van der Waals surface area contributed by atoms with Crippen molar-refractivity contribution in [1.82, 2.24) is 4.90 Å². The molecule has 6 nitrogen and oxygen atoms in total. The Balaban J connectivity index is 1.70. The van der Waals surface area contributed by atoms with Gasteiger partial charge in [-0.25, -0.2) is 0 Å². The molecule has 1 saturated carbocycles. The van der Waals surface area contributed by atoms with Gasteiger partial charge in [0, 0.05) is 25.2 Å². The zero-order valence-electron chi connectivity index (χ0n) is 13.8. The number of hydrogen-bond donors (Lipinski definition) is 1. The van der Waals surface area contributed by atoms with Gasteiger partial charge in [-0.1, -0.05) is 12.1 Å². The fourth-order valence-corrected chi connectivity index (χ4v) is 3.45. The largest absolute Gasteiger partial charge is 0.497 e. The van der Waals surface area contributed by atoms with Gasteiger partial charge in [-0.3, -0.25) is 9.59 Å². The van der Waals surface area contributed by atoms with Crippen molar-refractivity contribution < 1.29 is 24.2 Å². The zero-order chi connectivity index (χ0) is 17.1. The minimum Gasteiger partial charge on any atom is -0.497 e. The van der Waals surface area contributed by atoms with Crippen LogP contribution >= 0.6 is 0 Å². The molecule has 24 heavy (non-hydrogen) atoms. The van der Waals surface area contributed by atoms with E-state index in [0.717, 1.165) is 17.7 Å². The Bertz CT molecular complexity index is 611. The lowest BCUT2D eigenvalue weighted by Crippen LogP contribution is -2.46. The van der Waals surface area contributed by atoms with Crippen molar-refractivity contribution in [1.29, 1.82) is 0 Å². The monoisotopic (exact) mass is 333 g/mol. The van der Waals surface area contributed by atoms with Crippen LogP contribution < -0.4 is 4.74 Å². The highest BCUT2D eigenvalue weighted by Gasteiger charge is 2.47. The standard InChI is InChI=1S/C18H23NO5/c1-23-14-4-2-3-12(9-14)15-10-16(15)18(22)19(11-17(20)21)13-5-7-24-8-6-13/h2-4,9,13,15-16H,5-8,10-11H2,1H3,(H,20,21)/t15-,16+/m1/s1. The summed E-state index contributed by atoms with van der Waals surface area (Å²) in [5.74, 6) is -0.203. The molecule has 1 aromatic carbocycles. The van der Waals surface area contributed by atoms with E-state index in [1.54, 1.807) is 12.0 Å². The maximum Gasteiger partial charge on any atom is 0.323 e. The van der Waals surface area contributed by atoms with E-state index < -0.39 is 5.97 Å². The summed E-state index contributed by atoms with van der Waals surface area (Å²) in [5.41, 5.74) is 1.08. The van der Waals surface area contributed by atoms with Crippen LogP contribution in [-0.2, 0) is 14.3 Å². The van der Waals surface area contributed by atoms with Crippen molar-refractivity contribution in [2.24, 2.45) is 5.92 Å². The van der Waals surface area contributed by atoms with Gasteiger partial charge in [-0.15, -0.1) is 0 Å². The molecule has 2 aliphatic rings. The van der Waals surface area contributed by atoms with Crippen molar-refractivity contribution in [3.8, 4) is 5.75 Å². The average molecular weight is 333 g/mol. The molecule has 1 aliphatic carbocycles. The van der Waals surface area contributed by atoms with Crippen LogP contribution in [0, 0.1) is 5.92 Å². The van der Waals surface area contributed by atoms with E-state index in [2.05, 4.69) is 0 Å². The Hall–Kier alpha value is -2.08. The summed E-state index contributed by atoms with van der Waals surface area (Å²) in [6, 6.07) is 7.71. The number of amides is 1. The molecular weight excluding hydrogens is 310 g/mol. The fraction of sp³-hybridized carbons (Fsp3) is 0.556. The number of aliphatic carboxylic acids is 1. The van der Waals surface area contributed by atoms with Crippen molar-refractivity contribution in [2.45, 2.75) is 31.2 Å². The highest BCUT2D eigenvalue weighted by Crippen LogP contribution is 2.49. The van der Waals surface area contributed by atoms with E-state index >= 15 is 0 Å². The van der Waals surface area contributed by atoms with Crippen molar-refractivity contribution in [2.75, 3.05) is 26.9 Å². The number of hydrogen-bond acceptors (Lipinski definition) is 4. The van der Waals surface area contributed by atoms with Crippen LogP contribution in [0.3, 0.4) is 0 Å². The number of methoxy groups -OCH3 is 1. The second-order valence-corrected chi connectivity index (χ2v) is 6.43. The number of carboxylic acids is 1. The van der Waals surface area contributed by atoms with E-state index in [-0.39, 0.29) is 30.3 Å². The highest BCUT2D eigenvalue weighted by molar-refractivity contribution is 5.86. The van der Waals surface area contributed by atoms with Crippen LogP contribution in [0.5, 0.6) is 5.75 Å². The van der Waals surface area contributed by atoms with Gasteiger partial charge in [0.25, 0.3) is 0 Å². The van der Waals surface area contributed by atoms with Crippen molar-refractivity contribution in [3.05, 3.63) is 29.8 Å². The third kappa shape index (κ3) is 3.70. The topological polar surface area (TPSA) is 76.1 Å². The lowest BCUT2D eigenvalue weighted by atomic mass is 10.0. The minimum atomic E-state index is -0.964. The average Bonchev–Trinajstić information content (AvgIpc) is 3.40. The first-order valence-electron chi connectivity index (χ1n) is 8.34. The molecule has 1 N–H and O–H groups in total. The molecular formula is C18H23NO5. The van der Waals surface area contributed by atoms with Gasteiger partial charge in [-0.2, -0.15) is 0 Å². The SMILES string of the molecule is COc1cccc([C@H]2C[C@@H]2C(=O)N(CC(=O)O)C2CCOCC2)c1. The third-order valence-corrected chi connectivity index (χ3v) is 4.85. The van der Waals surface area contributed by atoms with E-state index in [1.165, 1.54) is 0 Å². The molecule has 130 valence electrons. The van der Waals surface area contributed by atoms with Crippen molar-refractivity contribution in [3.63, 3.8) is 0 Å². The second kappa shape index (κ2) is 7.21. The Kier molecular flexibility index (Phi) is 5.04. The summed E-state index contributed by atoms with van der Waals surface area (Å²) in [6.45, 7) is 0.931. The normalized spacial score (nSPS) is 23.5. The van der Waals surface area contributed by atoms with Crippen LogP contribution in [-0.4, -0.2) is 54.8 Å². The van der Waals surface area contributed by atoms with Crippen LogP contribution in [0.25, 0.3) is 0 Å². The fourth-order valence-electron chi connectivity index (χ4n) is 3.45. The summed E-state index contributed by atoms with van der Waals surface area (Å²) in [6.07, 6.45) is 2.18. The number of rotatable bonds is 6. The number of benzene rings is 1. The second-order valence-electron chi connectivity index (χ2n) is 6.43.